The number of ether oxygens (including phenoxy) is 1. The zero-order chi connectivity index (χ0) is 14.7. The van der Waals surface area contributed by atoms with E-state index in [2.05, 4.69) is 0 Å². The highest BCUT2D eigenvalue weighted by atomic mass is 35.5. The van der Waals surface area contributed by atoms with E-state index in [9.17, 15) is 13.6 Å². The zero-order valence-electron chi connectivity index (χ0n) is 11.7. The summed E-state index contributed by atoms with van der Waals surface area (Å²) < 4.78 is 31.5. The molecular formula is C14H19ClF2N2O2. The lowest BCUT2D eigenvalue weighted by atomic mass is 10.1. The third-order valence-electron chi connectivity index (χ3n) is 3.43. The van der Waals surface area contributed by atoms with E-state index in [4.69, 9.17) is 10.5 Å². The van der Waals surface area contributed by atoms with Crippen molar-refractivity contribution >= 4 is 18.3 Å². The summed E-state index contributed by atoms with van der Waals surface area (Å²) in [7, 11) is 1.61. The minimum Gasteiger partial charge on any atom is -0.364 e. The van der Waals surface area contributed by atoms with Gasteiger partial charge in [0.05, 0.1) is 6.10 Å². The van der Waals surface area contributed by atoms with Gasteiger partial charge in [0.2, 0.25) is 0 Å². The Hall–Kier alpha value is -1.24. The number of rotatable bonds is 4. The fraction of sp³-hybridized carbons (Fsp3) is 0.500. The van der Waals surface area contributed by atoms with Crippen molar-refractivity contribution in [3.63, 3.8) is 0 Å². The predicted molar refractivity (Wildman–Crippen MR) is 77.0 cm³/mol. The molecule has 0 unspecified atom stereocenters. The van der Waals surface area contributed by atoms with Gasteiger partial charge in [0.1, 0.15) is 6.10 Å². The van der Waals surface area contributed by atoms with Crippen molar-refractivity contribution in [2.75, 3.05) is 13.6 Å². The first-order chi connectivity index (χ1) is 9.51. The number of carbonyl (C=O) groups is 1. The molecule has 0 spiro atoms. The van der Waals surface area contributed by atoms with E-state index in [1.54, 1.807) is 7.05 Å². The lowest BCUT2D eigenvalue weighted by molar-refractivity contribution is -0.141. The molecule has 2 atom stereocenters. The van der Waals surface area contributed by atoms with Crippen molar-refractivity contribution in [2.45, 2.75) is 31.6 Å². The maximum absolute atomic E-state index is 13.1. The summed E-state index contributed by atoms with van der Waals surface area (Å²) in [6.45, 7) is 0.611. The number of amides is 1. The Morgan fingerprint density at radius 1 is 1.38 bits per heavy atom. The molecule has 0 bridgehead atoms. The minimum absolute atomic E-state index is 0. The third-order valence-corrected chi connectivity index (χ3v) is 3.43. The number of likely N-dealkylation sites (N-methyl/N-ethyl adjacent to an activating group) is 1. The van der Waals surface area contributed by atoms with Gasteiger partial charge in [-0.15, -0.1) is 12.4 Å². The molecule has 118 valence electrons. The Morgan fingerprint density at radius 2 is 2.10 bits per heavy atom. The molecule has 1 aromatic carbocycles. The summed E-state index contributed by atoms with van der Waals surface area (Å²) in [4.78, 5) is 13.6. The minimum atomic E-state index is -0.913. The van der Waals surface area contributed by atoms with Crippen molar-refractivity contribution in [1.82, 2.24) is 4.90 Å². The second kappa shape index (κ2) is 7.68. The van der Waals surface area contributed by atoms with Crippen LogP contribution in [0.15, 0.2) is 18.2 Å². The fourth-order valence-electron chi connectivity index (χ4n) is 2.30. The Kier molecular flexibility index (Phi) is 6.51. The molecule has 1 fully saturated rings. The molecule has 1 saturated heterocycles. The van der Waals surface area contributed by atoms with Crippen LogP contribution in [0.4, 0.5) is 8.78 Å². The number of hydrogen-bond donors (Lipinski definition) is 1. The van der Waals surface area contributed by atoms with E-state index in [1.807, 2.05) is 0 Å². The van der Waals surface area contributed by atoms with Crippen LogP contribution in [0.25, 0.3) is 0 Å². The average molecular weight is 321 g/mol. The third kappa shape index (κ3) is 4.36. The second-order valence-electron chi connectivity index (χ2n) is 5.00. The van der Waals surface area contributed by atoms with Gasteiger partial charge in [0, 0.05) is 20.1 Å². The van der Waals surface area contributed by atoms with Crippen molar-refractivity contribution in [2.24, 2.45) is 5.73 Å². The maximum Gasteiger partial charge on any atom is 0.251 e. The summed E-state index contributed by atoms with van der Waals surface area (Å²) in [6.07, 6.45) is 0.855. The number of nitrogens with zero attached hydrogens (tertiary/aromatic N) is 1. The molecule has 1 aromatic rings. The van der Waals surface area contributed by atoms with E-state index in [0.29, 0.717) is 18.5 Å². The first kappa shape index (κ1) is 17.8. The molecule has 0 radical (unpaired) electrons. The number of benzene rings is 1. The van der Waals surface area contributed by atoms with Gasteiger partial charge in [-0.2, -0.15) is 0 Å². The smallest absolute Gasteiger partial charge is 0.251 e. The fourth-order valence-corrected chi connectivity index (χ4v) is 2.30. The summed E-state index contributed by atoms with van der Waals surface area (Å²) in [5, 5.41) is 0. The molecule has 1 heterocycles. The van der Waals surface area contributed by atoms with Crippen LogP contribution in [-0.2, 0) is 16.1 Å². The molecule has 7 heteroatoms. The van der Waals surface area contributed by atoms with Crippen molar-refractivity contribution in [3.05, 3.63) is 35.4 Å². The molecule has 0 saturated carbocycles. The van der Waals surface area contributed by atoms with Gasteiger partial charge in [-0.1, -0.05) is 6.07 Å². The van der Waals surface area contributed by atoms with E-state index < -0.39 is 17.7 Å². The summed E-state index contributed by atoms with van der Waals surface area (Å²) in [5.74, 6) is -1.97. The van der Waals surface area contributed by atoms with Crippen LogP contribution < -0.4 is 5.73 Å². The number of halogens is 3. The van der Waals surface area contributed by atoms with Crippen LogP contribution in [0.3, 0.4) is 0 Å². The molecule has 2 N–H and O–H groups in total. The highest BCUT2D eigenvalue weighted by molar-refractivity contribution is 5.85. The first-order valence-corrected chi connectivity index (χ1v) is 6.55. The lowest BCUT2D eigenvalue weighted by Gasteiger charge is -2.21. The Bertz CT molecular complexity index is 502. The van der Waals surface area contributed by atoms with E-state index >= 15 is 0 Å². The molecule has 0 aromatic heterocycles. The van der Waals surface area contributed by atoms with Crippen molar-refractivity contribution < 1.29 is 18.3 Å². The molecule has 0 aliphatic carbocycles. The molecule has 1 aliphatic heterocycles. The largest absolute Gasteiger partial charge is 0.364 e. The standard InChI is InChI=1S/C14H18F2N2O2.ClH/c1-18(8-9-2-4-11(15)12(16)6-9)14(19)13-5-3-10(7-17)20-13;/h2,4,6,10,13H,3,5,7-8,17H2,1H3;1H/t10-,13+;/m1./s1. The quantitative estimate of drug-likeness (QED) is 0.921. The Balaban J connectivity index is 0.00000220. The van der Waals surface area contributed by atoms with Crippen molar-refractivity contribution in [3.8, 4) is 0 Å². The monoisotopic (exact) mass is 320 g/mol. The zero-order valence-corrected chi connectivity index (χ0v) is 12.5. The SMILES string of the molecule is CN(Cc1ccc(F)c(F)c1)C(=O)[C@@H]1CC[C@H](CN)O1.Cl. The normalized spacial score (nSPS) is 21.0. The van der Waals surface area contributed by atoms with Crippen LogP contribution in [0.2, 0.25) is 0 Å². The van der Waals surface area contributed by atoms with Gasteiger partial charge in [-0.3, -0.25) is 4.79 Å². The predicted octanol–water partition coefficient (Wildman–Crippen LogP) is 1.85. The van der Waals surface area contributed by atoms with Gasteiger partial charge in [0.15, 0.2) is 11.6 Å². The second-order valence-corrected chi connectivity index (χ2v) is 5.00. The molecule has 1 aliphatic rings. The van der Waals surface area contributed by atoms with Crippen LogP contribution in [0.1, 0.15) is 18.4 Å². The maximum atomic E-state index is 13.1. The van der Waals surface area contributed by atoms with Crippen LogP contribution in [0, 0.1) is 11.6 Å². The molecular weight excluding hydrogens is 302 g/mol. The first-order valence-electron chi connectivity index (χ1n) is 6.55. The summed E-state index contributed by atoms with van der Waals surface area (Å²) in [6, 6.07) is 3.61. The Labute approximate surface area is 128 Å². The lowest BCUT2D eigenvalue weighted by Crippen LogP contribution is -2.36. The van der Waals surface area contributed by atoms with Gasteiger partial charge in [0.25, 0.3) is 5.91 Å². The molecule has 2 rings (SSSR count). The van der Waals surface area contributed by atoms with E-state index in [0.717, 1.165) is 18.6 Å². The van der Waals surface area contributed by atoms with E-state index in [1.165, 1.54) is 11.0 Å². The summed E-state index contributed by atoms with van der Waals surface area (Å²) >= 11 is 0. The van der Waals surface area contributed by atoms with Gasteiger partial charge >= 0.3 is 0 Å². The summed E-state index contributed by atoms with van der Waals surface area (Å²) in [5.41, 5.74) is 6.03. The van der Waals surface area contributed by atoms with Gasteiger partial charge in [-0.05, 0) is 30.5 Å². The average Bonchev–Trinajstić information content (AvgIpc) is 2.91. The van der Waals surface area contributed by atoms with Crippen molar-refractivity contribution in [1.29, 1.82) is 0 Å². The topological polar surface area (TPSA) is 55.6 Å². The van der Waals surface area contributed by atoms with Crippen LogP contribution >= 0.6 is 12.4 Å². The Morgan fingerprint density at radius 3 is 2.67 bits per heavy atom. The molecule has 4 nitrogen and oxygen atoms in total. The number of hydrogen-bond acceptors (Lipinski definition) is 3. The molecule has 1 amide bonds. The van der Waals surface area contributed by atoms with Gasteiger partial charge in [-0.25, -0.2) is 8.78 Å². The van der Waals surface area contributed by atoms with Gasteiger partial charge < -0.3 is 15.4 Å². The number of nitrogens with two attached hydrogens (primary N) is 1. The highest BCUT2D eigenvalue weighted by Gasteiger charge is 2.31. The van der Waals surface area contributed by atoms with Crippen LogP contribution in [0.5, 0.6) is 0 Å². The highest BCUT2D eigenvalue weighted by Crippen LogP contribution is 2.21. The van der Waals surface area contributed by atoms with E-state index in [-0.39, 0.29) is 31.0 Å². The molecule has 21 heavy (non-hydrogen) atoms. The van der Waals surface area contributed by atoms with Crippen LogP contribution in [-0.4, -0.2) is 36.6 Å². The number of carbonyl (C=O) groups excluding carboxylic acids is 1.